The Morgan fingerprint density at radius 1 is 1.06 bits per heavy atom. The SMILES string of the molecule is O=C(Cn1cnc2c(oc3ccccc32)c1=O)Nc1cccc(-c2ccc(=O)[nH]n2)c1. The summed E-state index contributed by atoms with van der Waals surface area (Å²) in [6.07, 6.45) is 1.34. The fourth-order valence-corrected chi connectivity index (χ4v) is 3.34. The average molecular weight is 413 g/mol. The van der Waals surface area contributed by atoms with Crippen LogP contribution in [0.5, 0.6) is 0 Å². The highest BCUT2D eigenvalue weighted by Gasteiger charge is 2.14. The molecule has 0 saturated carbocycles. The molecule has 0 aliphatic rings. The number of hydrogen-bond donors (Lipinski definition) is 2. The van der Waals surface area contributed by atoms with Crippen molar-refractivity contribution >= 4 is 33.7 Å². The van der Waals surface area contributed by atoms with Gasteiger partial charge in [-0.1, -0.05) is 24.3 Å². The van der Waals surface area contributed by atoms with Crippen LogP contribution in [0, 0.1) is 0 Å². The number of carbonyl (C=O) groups excluding carboxylic acids is 1. The standard InChI is InChI=1S/C22H15N5O4/c28-18-9-8-16(25-26-18)13-4-3-5-14(10-13)24-19(29)11-27-12-23-20-15-6-1-2-7-17(15)31-21(20)22(27)30/h1-10,12H,11H2,(H,24,29)(H,26,28). The minimum absolute atomic E-state index is 0.114. The van der Waals surface area contributed by atoms with Crippen LogP contribution in [0.15, 0.2) is 81.0 Å². The number of benzene rings is 2. The van der Waals surface area contributed by atoms with E-state index in [0.717, 1.165) is 10.9 Å². The molecule has 0 radical (unpaired) electrons. The third kappa shape index (κ3) is 3.48. The largest absolute Gasteiger partial charge is 0.448 e. The summed E-state index contributed by atoms with van der Waals surface area (Å²) in [5, 5.41) is 9.86. The van der Waals surface area contributed by atoms with Crippen molar-refractivity contribution in [2.24, 2.45) is 0 Å². The highest BCUT2D eigenvalue weighted by Crippen LogP contribution is 2.24. The molecular formula is C22H15N5O4. The second-order valence-electron chi connectivity index (χ2n) is 6.89. The number of nitrogens with one attached hydrogen (secondary N) is 2. The van der Waals surface area contributed by atoms with Gasteiger partial charge in [-0.3, -0.25) is 19.0 Å². The Balaban J connectivity index is 1.39. The molecule has 9 heteroatoms. The Hall–Kier alpha value is -4.53. The normalized spacial score (nSPS) is 11.1. The molecule has 0 aliphatic carbocycles. The molecule has 2 aromatic carbocycles. The highest BCUT2D eigenvalue weighted by atomic mass is 16.3. The van der Waals surface area contributed by atoms with Crippen molar-refractivity contribution in [3.8, 4) is 11.3 Å². The summed E-state index contributed by atoms with van der Waals surface area (Å²) in [6, 6.07) is 17.2. The van der Waals surface area contributed by atoms with Gasteiger partial charge in [0.05, 0.1) is 12.0 Å². The molecule has 3 heterocycles. The molecule has 9 nitrogen and oxygen atoms in total. The van der Waals surface area contributed by atoms with E-state index in [9.17, 15) is 14.4 Å². The molecule has 0 atom stereocenters. The summed E-state index contributed by atoms with van der Waals surface area (Å²) >= 11 is 0. The lowest BCUT2D eigenvalue weighted by Gasteiger charge is -2.08. The van der Waals surface area contributed by atoms with Crippen LogP contribution < -0.4 is 16.4 Å². The molecule has 152 valence electrons. The quantitative estimate of drug-likeness (QED) is 0.467. The van der Waals surface area contributed by atoms with Crippen molar-refractivity contribution in [3.63, 3.8) is 0 Å². The molecule has 0 aliphatic heterocycles. The summed E-state index contributed by atoms with van der Waals surface area (Å²) in [4.78, 5) is 40.8. The smallest absolute Gasteiger partial charge is 0.297 e. The van der Waals surface area contributed by atoms with Crippen LogP contribution in [-0.2, 0) is 11.3 Å². The Labute approximate surface area is 174 Å². The topological polar surface area (TPSA) is 123 Å². The zero-order valence-corrected chi connectivity index (χ0v) is 16.0. The van der Waals surface area contributed by atoms with Gasteiger partial charge in [-0.2, -0.15) is 5.10 Å². The fraction of sp³-hybridized carbons (Fsp3) is 0.0455. The van der Waals surface area contributed by atoms with Crippen LogP contribution in [-0.4, -0.2) is 25.7 Å². The van der Waals surface area contributed by atoms with Gasteiger partial charge < -0.3 is 9.73 Å². The van der Waals surface area contributed by atoms with Gasteiger partial charge in [-0.05, 0) is 30.3 Å². The summed E-state index contributed by atoms with van der Waals surface area (Å²) < 4.78 is 6.84. The summed E-state index contributed by atoms with van der Waals surface area (Å²) in [5.41, 5.74) is 2.23. The number of aromatic nitrogens is 4. The van der Waals surface area contributed by atoms with E-state index in [0.29, 0.717) is 22.5 Å². The molecule has 0 spiro atoms. The second-order valence-corrected chi connectivity index (χ2v) is 6.89. The molecule has 1 amide bonds. The van der Waals surface area contributed by atoms with Crippen LogP contribution in [0.25, 0.3) is 33.3 Å². The third-order valence-electron chi connectivity index (χ3n) is 4.79. The Morgan fingerprint density at radius 3 is 2.77 bits per heavy atom. The predicted octanol–water partition coefficient (Wildman–Crippen LogP) is 2.53. The molecule has 0 bridgehead atoms. The van der Waals surface area contributed by atoms with E-state index in [1.54, 1.807) is 36.4 Å². The van der Waals surface area contributed by atoms with E-state index >= 15 is 0 Å². The van der Waals surface area contributed by atoms with E-state index in [1.165, 1.54) is 17.0 Å². The zero-order chi connectivity index (χ0) is 21.4. The first-order valence-electron chi connectivity index (χ1n) is 9.41. The van der Waals surface area contributed by atoms with Crippen molar-refractivity contribution in [1.82, 2.24) is 19.7 Å². The minimum Gasteiger partial charge on any atom is -0.448 e. The lowest BCUT2D eigenvalue weighted by molar-refractivity contribution is -0.116. The first-order chi connectivity index (χ1) is 15.1. The number of H-pyrrole nitrogens is 1. The van der Waals surface area contributed by atoms with Crippen LogP contribution >= 0.6 is 0 Å². The number of carbonyl (C=O) groups is 1. The first-order valence-corrected chi connectivity index (χ1v) is 9.41. The Morgan fingerprint density at radius 2 is 1.94 bits per heavy atom. The number of amides is 1. The number of hydrogen-bond acceptors (Lipinski definition) is 6. The number of aromatic amines is 1. The molecule has 0 unspecified atom stereocenters. The number of fused-ring (bicyclic) bond motifs is 3. The molecule has 5 rings (SSSR count). The number of rotatable bonds is 4. The zero-order valence-electron chi connectivity index (χ0n) is 16.0. The molecule has 2 N–H and O–H groups in total. The van der Waals surface area contributed by atoms with Crippen molar-refractivity contribution in [3.05, 3.63) is 87.7 Å². The summed E-state index contributed by atoms with van der Waals surface area (Å²) in [7, 11) is 0. The monoisotopic (exact) mass is 413 g/mol. The highest BCUT2D eigenvalue weighted by molar-refractivity contribution is 6.01. The lowest BCUT2D eigenvalue weighted by atomic mass is 10.1. The third-order valence-corrected chi connectivity index (χ3v) is 4.79. The number of anilines is 1. The molecular weight excluding hydrogens is 398 g/mol. The fourth-order valence-electron chi connectivity index (χ4n) is 3.34. The number of para-hydroxylation sites is 1. The van der Waals surface area contributed by atoms with Gasteiger partial charge >= 0.3 is 0 Å². The molecule has 3 aromatic heterocycles. The van der Waals surface area contributed by atoms with Crippen LogP contribution in [0.2, 0.25) is 0 Å². The lowest BCUT2D eigenvalue weighted by Crippen LogP contribution is -2.27. The van der Waals surface area contributed by atoms with Gasteiger partial charge in [0.25, 0.3) is 11.1 Å². The molecule has 5 aromatic rings. The van der Waals surface area contributed by atoms with E-state index in [4.69, 9.17) is 4.42 Å². The van der Waals surface area contributed by atoms with Crippen molar-refractivity contribution in [2.45, 2.75) is 6.54 Å². The predicted molar refractivity (Wildman–Crippen MR) is 115 cm³/mol. The van der Waals surface area contributed by atoms with Crippen molar-refractivity contribution in [1.29, 1.82) is 0 Å². The van der Waals surface area contributed by atoms with E-state index in [1.807, 2.05) is 18.2 Å². The van der Waals surface area contributed by atoms with Crippen LogP contribution in [0.3, 0.4) is 0 Å². The molecule has 31 heavy (non-hydrogen) atoms. The summed E-state index contributed by atoms with van der Waals surface area (Å²) in [6.45, 7) is -0.222. The van der Waals surface area contributed by atoms with Gasteiger partial charge in [-0.15, -0.1) is 0 Å². The van der Waals surface area contributed by atoms with E-state index in [2.05, 4.69) is 20.5 Å². The maximum absolute atomic E-state index is 12.8. The van der Waals surface area contributed by atoms with Crippen LogP contribution in [0.4, 0.5) is 5.69 Å². The Bertz CT molecular complexity index is 1540. The van der Waals surface area contributed by atoms with E-state index < -0.39 is 11.5 Å². The molecule has 0 saturated heterocycles. The van der Waals surface area contributed by atoms with Crippen molar-refractivity contribution in [2.75, 3.05) is 5.32 Å². The average Bonchev–Trinajstić information content (AvgIpc) is 3.16. The maximum atomic E-state index is 12.8. The van der Waals surface area contributed by atoms with Gasteiger partial charge in [0.15, 0.2) is 0 Å². The number of nitrogens with zero attached hydrogens (tertiary/aromatic N) is 3. The van der Waals surface area contributed by atoms with E-state index in [-0.39, 0.29) is 17.7 Å². The van der Waals surface area contributed by atoms with Gasteiger partial charge in [0, 0.05) is 22.7 Å². The summed E-state index contributed by atoms with van der Waals surface area (Å²) in [5.74, 6) is -0.397. The van der Waals surface area contributed by atoms with Gasteiger partial charge in [-0.25, -0.2) is 10.1 Å². The van der Waals surface area contributed by atoms with Crippen LogP contribution in [0.1, 0.15) is 0 Å². The second kappa shape index (κ2) is 7.38. The molecule has 0 fully saturated rings. The first kappa shape index (κ1) is 18.5. The number of furan rings is 1. The van der Waals surface area contributed by atoms with Crippen molar-refractivity contribution < 1.29 is 9.21 Å². The van der Waals surface area contributed by atoms with Gasteiger partial charge in [0.1, 0.15) is 17.6 Å². The Kier molecular flexibility index (Phi) is 4.40. The minimum atomic E-state index is -0.428. The van der Waals surface area contributed by atoms with Gasteiger partial charge in [0.2, 0.25) is 11.5 Å². The maximum Gasteiger partial charge on any atom is 0.297 e.